The lowest BCUT2D eigenvalue weighted by atomic mass is 9.89. The van der Waals surface area contributed by atoms with Crippen LogP contribution in [-0.4, -0.2) is 27.0 Å². The molecule has 1 aliphatic rings. The summed E-state index contributed by atoms with van der Waals surface area (Å²) in [6.07, 6.45) is 7.88. The molecule has 2 rings (SSSR count). The molecule has 1 aliphatic carbocycles. The van der Waals surface area contributed by atoms with Crippen molar-refractivity contribution in [2.24, 2.45) is 4.99 Å². The molecular weight excluding hydrogens is 330 g/mol. The van der Waals surface area contributed by atoms with Crippen LogP contribution in [0.2, 0.25) is 5.02 Å². The molecule has 1 aromatic carbocycles. The fourth-order valence-electron chi connectivity index (χ4n) is 2.82. The summed E-state index contributed by atoms with van der Waals surface area (Å²) < 4.78 is 24.0. The summed E-state index contributed by atoms with van der Waals surface area (Å²) in [7, 11) is -3.41. The highest BCUT2D eigenvalue weighted by atomic mass is 35.5. The molecule has 114 valence electrons. The van der Waals surface area contributed by atoms with Crippen LogP contribution in [0.15, 0.2) is 26.9 Å². The molecule has 0 bridgehead atoms. The molecule has 1 fully saturated rings. The van der Waals surface area contributed by atoms with Gasteiger partial charge < -0.3 is 0 Å². The Morgan fingerprint density at radius 1 is 1.33 bits per heavy atom. The quantitative estimate of drug-likeness (QED) is 0.475. The minimum atomic E-state index is -3.41. The maximum Gasteiger partial charge on any atom is 0.235 e. The summed E-state index contributed by atoms with van der Waals surface area (Å²) in [5.74, 6) is 0. The summed E-state index contributed by atoms with van der Waals surface area (Å²) >= 11 is 7.55. The van der Waals surface area contributed by atoms with Gasteiger partial charge in [-0.15, -0.1) is 11.8 Å². The highest BCUT2D eigenvalue weighted by Gasteiger charge is 2.37. The number of sulfone groups is 1. The number of hydrogen-bond donors (Lipinski definition) is 0. The number of hydrogen-bond acceptors (Lipinski definition) is 5. The number of halogens is 1. The Kier molecular flexibility index (Phi) is 4.83. The van der Waals surface area contributed by atoms with Crippen molar-refractivity contribution in [2.75, 3.05) is 12.5 Å². The van der Waals surface area contributed by atoms with Crippen molar-refractivity contribution in [3.8, 4) is 0 Å². The number of benzene rings is 1. The van der Waals surface area contributed by atoms with Crippen LogP contribution in [0.5, 0.6) is 0 Å². The second-order valence-corrected chi connectivity index (χ2v) is 8.41. The van der Waals surface area contributed by atoms with Crippen LogP contribution in [0.1, 0.15) is 31.2 Å². The van der Waals surface area contributed by atoms with Crippen molar-refractivity contribution >= 4 is 39.3 Å². The fourth-order valence-corrected chi connectivity index (χ4v) is 5.34. The van der Waals surface area contributed by atoms with Gasteiger partial charge in [0.2, 0.25) is 6.08 Å². The Bertz CT molecular complexity index is 703. The standard InChI is InChI=1S/C14H16ClNO3S2/c1-20-13-11(15)7-10(8-12(13)21(2,18)19)14(16-9-17)5-3-4-6-14/h7-8H,3-6H2,1-2H3. The third-order valence-corrected chi connectivity index (χ3v) is 6.35. The number of aliphatic imine (C=N–C) groups is 1. The lowest BCUT2D eigenvalue weighted by Crippen LogP contribution is -2.20. The number of isocyanates is 1. The first-order chi connectivity index (χ1) is 9.84. The van der Waals surface area contributed by atoms with Gasteiger partial charge in [-0.1, -0.05) is 24.4 Å². The summed E-state index contributed by atoms with van der Waals surface area (Å²) in [5.41, 5.74) is 0.00784. The zero-order valence-electron chi connectivity index (χ0n) is 11.8. The molecule has 0 unspecified atom stereocenters. The van der Waals surface area contributed by atoms with Crippen LogP contribution in [0.25, 0.3) is 0 Å². The normalized spacial score (nSPS) is 17.5. The van der Waals surface area contributed by atoms with E-state index >= 15 is 0 Å². The maximum atomic E-state index is 12.0. The van der Waals surface area contributed by atoms with Crippen molar-refractivity contribution in [3.63, 3.8) is 0 Å². The van der Waals surface area contributed by atoms with E-state index in [9.17, 15) is 13.2 Å². The second-order valence-electron chi connectivity index (χ2n) is 5.20. The van der Waals surface area contributed by atoms with E-state index < -0.39 is 15.4 Å². The van der Waals surface area contributed by atoms with Gasteiger partial charge >= 0.3 is 0 Å². The van der Waals surface area contributed by atoms with E-state index in [0.717, 1.165) is 19.1 Å². The van der Waals surface area contributed by atoms with Gasteiger partial charge in [-0.3, -0.25) is 0 Å². The van der Waals surface area contributed by atoms with Crippen LogP contribution in [0.3, 0.4) is 0 Å². The SMILES string of the molecule is CSc1c(Cl)cc(C2(N=C=O)CCCC2)cc1S(C)(=O)=O. The molecule has 0 heterocycles. The van der Waals surface area contributed by atoms with Crippen molar-refractivity contribution in [2.45, 2.75) is 41.0 Å². The molecule has 0 aromatic heterocycles. The predicted octanol–water partition coefficient (Wildman–Crippen LogP) is 3.57. The third-order valence-electron chi connectivity index (χ3n) is 3.84. The topological polar surface area (TPSA) is 63.6 Å². The minimum Gasteiger partial charge on any atom is -0.224 e. The zero-order chi connectivity index (χ0) is 15.7. The van der Waals surface area contributed by atoms with E-state index in [1.165, 1.54) is 11.8 Å². The van der Waals surface area contributed by atoms with E-state index in [0.29, 0.717) is 28.3 Å². The Morgan fingerprint density at radius 3 is 2.43 bits per heavy atom. The molecule has 0 atom stereocenters. The molecule has 21 heavy (non-hydrogen) atoms. The molecule has 0 saturated heterocycles. The lowest BCUT2D eigenvalue weighted by Gasteiger charge is -2.24. The van der Waals surface area contributed by atoms with Crippen LogP contribution >= 0.6 is 23.4 Å². The van der Waals surface area contributed by atoms with E-state index in [1.54, 1.807) is 24.5 Å². The minimum absolute atomic E-state index is 0.199. The molecule has 0 spiro atoms. The average molecular weight is 346 g/mol. The largest absolute Gasteiger partial charge is 0.235 e. The van der Waals surface area contributed by atoms with Crippen LogP contribution < -0.4 is 0 Å². The number of carbonyl (C=O) groups excluding carboxylic acids is 1. The van der Waals surface area contributed by atoms with E-state index in [1.807, 2.05) is 0 Å². The molecule has 0 N–H and O–H groups in total. The summed E-state index contributed by atoms with van der Waals surface area (Å²) in [5, 5.41) is 0.382. The van der Waals surface area contributed by atoms with Gasteiger partial charge in [0.05, 0.1) is 15.5 Å². The van der Waals surface area contributed by atoms with Crippen molar-refractivity contribution in [3.05, 3.63) is 22.7 Å². The summed E-state index contributed by atoms with van der Waals surface area (Å²) in [6.45, 7) is 0. The molecule has 1 aromatic rings. The summed E-state index contributed by atoms with van der Waals surface area (Å²) in [4.78, 5) is 15.5. The molecule has 0 amide bonds. The number of thioether (sulfide) groups is 1. The first-order valence-electron chi connectivity index (χ1n) is 6.51. The van der Waals surface area contributed by atoms with Gasteiger partial charge in [-0.2, -0.15) is 4.99 Å². The molecular formula is C14H16ClNO3S2. The molecule has 7 heteroatoms. The first kappa shape index (κ1) is 16.6. The Balaban J connectivity index is 2.71. The molecule has 0 aliphatic heterocycles. The Hall–Kier alpha value is -0.810. The Morgan fingerprint density at radius 2 is 1.95 bits per heavy atom. The van der Waals surface area contributed by atoms with Crippen LogP contribution in [0.4, 0.5) is 0 Å². The van der Waals surface area contributed by atoms with Gasteiger partial charge in [0, 0.05) is 11.2 Å². The van der Waals surface area contributed by atoms with Crippen molar-refractivity contribution < 1.29 is 13.2 Å². The number of nitrogens with zero attached hydrogens (tertiary/aromatic N) is 1. The van der Waals surface area contributed by atoms with E-state index in [2.05, 4.69) is 4.99 Å². The number of rotatable bonds is 4. The van der Waals surface area contributed by atoms with Gasteiger partial charge in [0.25, 0.3) is 0 Å². The average Bonchev–Trinajstić information content (AvgIpc) is 2.87. The second kappa shape index (κ2) is 6.13. The first-order valence-corrected chi connectivity index (χ1v) is 10.0. The molecule has 0 radical (unpaired) electrons. The maximum absolute atomic E-state index is 12.0. The molecule has 4 nitrogen and oxygen atoms in total. The van der Waals surface area contributed by atoms with Gasteiger partial charge in [0.15, 0.2) is 9.84 Å². The van der Waals surface area contributed by atoms with Crippen molar-refractivity contribution in [1.82, 2.24) is 0 Å². The summed E-state index contributed by atoms with van der Waals surface area (Å²) in [6, 6.07) is 3.34. The highest BCUT2D eigenvalue weighted by molar-refractivity contribution is 7.99. The van der Waals surface area contributed by atoms with E-state index in [-0.39, 0.29) is 4.90 Å². The highest BCUT2D eigenvalue weighted by Crippen LogP contribution is 2.45. The van der Waals surface area contributed by atoms with Gasteiger partial charge in [-0.25, -0.2) is 13.2 Å². The van der Waals surface area contributed by atoms with E-state index in [4.69, 9.17) is 11.6 Å². The van der Waals surface area contributed by atoms with Gasteiger partial charge in [-0.05, 0) is 36.8 Å². The van der Waals surface area contributed by atoms with Crippen molar-refractivity contribution in [1.29, 1.82) is 0 Å². The smallest absolute Gasteiger partial charge is 0.224 e. The third kappa shape index (κ3) is 3.19. The zero-order valence-corrected chi connectivity index (χ0v) is 14.2. The van der Waals surface area contributed by atoms with Crippen LogP contribution in [-0.2, 0) is 20.2 Å². The van der Waals surface area contributed by atoms with Crippen LogP contribution in [0, 0.1) is 0 Å². The van der Waals surface area contributed by atoms with Gasteiger partial charge in [0.1, 0.15) is 0 Å². The fraction of sp³-hybridized carbons (Fsp3) is 0.500. The molecule has 1 saturated carbocycles. The Labute approximate surface area is 133 Å². The lowest BCUT2D eigenvalue weighted by molar-refractivity contribution is 0.454. The predicted molar refractivity (Wildman–Crippen MR) is 84.6 cm³/mol. The monoisotopic (exact) mass is 345 g/mol.